The van der Waals surface area contributed by atoms with Crippen molar-refractivity contribution >= 4 is 6.08 Å². The van der Waals surface area contributed by atoms with Gasteiger partial charge in [0.15, 0.2) is 0 Å². The molecule has 1 aromatic carbocycles. The highest BCUT2D eigenvalue weighted by Gasteiger charge is 2.44. The van der Waals surface area contributed by atoms with Gasteiger partial charge in [-0.3, -0.25) is 0 Å². The molecule has 152 valence electrons. The molecular weight excluding hydrogens is 348 g/mol. The highest BCUT2D eigenvalue weighted by atomic mass is 14.5. The number of fused-ring (bicyclic) bond motifs is 6. The molecule has 0 N–H and O–H groups in total. The highest BCUT2D eigenvalue weighted by Crippen LogP contribution is 2.52. The van der Waals surface area contributed by atoms with Crippen molar-refractivity contribution < 1.29 is 0 Å². The van der Waals surface area contributed by atoms with Crippen LogP contribution in [0.1, 0.15) is 57.1 Å². The first-order valence-corrected chi connectivity index (χ1v) is 11.5. The quantitative estimate of drug-likeness (QED) is 0.431. The molecule has 0 aliphatic heterocycles. The molecule has 0 heteroatoms. The predicted molar refractivity (Wildman–Crippen MR) is 127 cm³/mol. The van der Waals surface area contributed by atoms with Gasteiger partial charge in [-0.2, -0.15) is 0 Å². The normalized spacial score (nSPS) is 31.9. The summed E-state index contributed by atoms with van der Waals surface area (Å²) in [7, 11) is 0. The van der Waals surface area contributed by atoms with Crippen LogP contribution in [0.3, 0.4) is 0 Å². The average molecular weight is 385 g/mol. The van der Waals surface area contributed by atoms with Crippen LogP contribution in [0.25, 0.3) is 6.08 Å². The number of hydrogen-bond acceptors (Lipinski definition) is 0. The molecule has 0 radical (unpaired) electrons. The van der Waals surface area contributed by atoms with Crippen LogP contribution in [-0.4, -0.2) is 0 Å². The molecule has 0 spiro atoms. The van der Waals surface area contributed by atoms with E-state index >= 15 is 0 Å². The Kier molecular flexibility index (Phi) is 6.38. The largest absolute Gasteiger partial charge is 0.0998 e. The number of rotatable bonds is 1. The van der Waals surface area contributed by atoms with E-state index in [0.717, 1.165) is 36.0 Å². The minimum Gasteiger partial charge on any atom is -0.0998 e. The minimum absolute atomic E-state index is 0.767. The smallest absolute Gasteiger partial charge is 0.00882 e. The van der Waals surface area contributed by atoms with Gasteiger partial charge in [-0.15, -0.1) is 0 Å². The van der Waals surface area contributed by atoms with Crippen LogP contribution in [0.2, 0.25) is 0 Å². The number of hydrogen-bond donors (Lipinski definition) is 0. The predicted octanol–water partition coefficient (Wildman–Crippen LogP) is 7.95. The van der Waals surface area contributed by atoms with Crippen LogP contribution in [0.4, 0.5) is 0 Å². The Morgan fingerprint density at radius 2 is 1.83 bits per heavy atom. The Hall–Kier alpha value is -2.08. The Morgan fingerprint density at radius 3 is 2.55 bits per heavy atom. The lowest BCUT2D eigenvalue weighted by Crippen LogP contribution is -2.12. The van der Waals surface area contributed by atoms with Gasteiger partial charge in [-0.1, -0.05) is 84.5 Å². The van der Waals surface area contributed by atoms with Crippen LogP contribution in [0.5, 0.6) is 0 Å². The molecule has 1 saturated carbocycles. The zero-order chi connectivity index (χ0) is 20.2. The summed E-state index contributed by atoms with van der Waals surface area (Å²) in [6, 6.07) is 8.49. The molecule has 0 aromatic heterocycles. The summed E-state index contributed by atoms with van der Waals surface area (Å²) in [6.45, 7) is 8.33. The molecule has 5 atom stereocenters. The molecule has 1 aromatic rings. The second kappa shape index (κ2) is 9.16. The summed E-state index contributed by atoms with van der Waals surface area (Å²) in [5, 5.41) is 0. The fourth-order valence-corrected chi connectivity index (χ4v) is 5.58. The van der Waals surface area contributed by atoms with Crippen molar-refractivity contribution in [3.63, 3.8) is 0 Å². The molecule has 5 aliphatic rings. The third-order valence-corrected chi connectivity index (χ3v) is 7.48. The van der Waals surface area contributed by atoms with E-state index in [1.165, 1.54) is 48.8 Å². The van der Waals surface area contributed by atoms with Gasteiger partial charge < -0.3 is 0 Å². The lowest BCUT2D eigenvalue weighted by Gasteiger charge is -2.19. The molecule has 0 nitrogen and oxygen atoms in total. The standard InChI is InChI=1S/C10H12.C10H16.C9H8/c1-2-9-7-4-5-8(6-7)10(9)3-1;1-8(2)10-6-4-9(3)5-7-10;1-2-5-9-7-3-6-8(9)4-1/h1-2,4-5,7-10H,3,6H2;4,10H,1,5-7H2,2-3H3;1-6H,7H2. The van der Waals surface area contributed by atoms with Gasteiger partial charge in [0.1, 0.15) is 0 Å². The Labute approximate surface area is 177 Å². The summed E-state index contributed by atoms with van der Waals surface area (Å²) < 4.78 is 0. The van der Waals surface area contributed by atoms with Crippen molar-refractivity contribution in [2.45, 2.75) is 52.4 Å². The molecule has 5 unspecified atom stereocenters. The summed E-state index contributed by atoms with van der Waals surface area (Å²) in [5.74, 6) is 4.59. The molecule has 29 heavy (non-hydrogen) atoms. The van der Waals surface area contributed by atoms with Gasteiger partial charge in [0.2, 0.25) is 0 Å². The van der Waals surface area contributed by atoms with Crippen LogP contribution < -0.4 is 0 Å². The average Bonchev–Trinajstić information content (AvgIpc) is 3.52. The van der Waals surface area contributed by atoms with E-state index in [9.17, 15) is 0 Å². The zero-order valence-corrected chi connectivity index (χ0v) is 18.2. The molecule has 6 rings (SSSR count). The second-order valence-electron chi connectivity index (χ2n) is 9.53. The molecule has 1 fully saturated rings. The third kappa shape index (κ3) is 4.74. The van der Waals surface area contributed by atoms with Crippen molar-refractivity contribution in [2.24, 2.45) is 29.6 Å². The summed E-state index contributed by atoms with van der Waals surface area (Å²) >= 11 is 0. The van der Waals surface area contributed by atoms with E-state index in [-0.39, 0.29) is 0 Å². The lowest BCUT2D eigenvalue weighted by molar-refractivity contribution is 0.398. The fourth-order valence-electron chi connectivity index (χ4n) is 5.58. The number of allylic oxidation sites excluding steroid dienone is 8. The van der Waals surface area contributed by atoms with E-state index in [2.05, 4.69) is 87.2 Å². The minimum atomic E-state index is 0.767. The van der Waals surface area contributed by atoms with E-state index in [4.69, 9.17) is 0 Å². The van der Waals surface area contributed by atoms with E-state index in [0.29, 0.717) is 0 Å². The molecule has 0 heterocycles. The lowest BCUT2D eigenvalue weighted by atomic mass is 9.86. The van der Waals surface area contributed by atoms with Crippen molar-refractivity contribution in [3.05, 3.63) is 89.6 Å². The van der Waals surface area contributed by atoms with Crippen molar-refractivity contribution in [2.75, 3.05) is 0 Å². The Balaban J connectivity index is 0.000000106. The Bertz CT molecular complexity index is 847. The van der Waals surface area contributed by atoms with Gasteiger partial charge in [-0.05, 0) is 93.1 Å². The molecular formula is C29H36. The zero-order valence-electron chi connectivity index (χ0n) is 18.2. The van der Waals surface area contributed by atoms with Gasteiger partial charge in [0, 0.05) is 0 Å². The molecule has 5 aliphatic carbocycles. The van der Waals surface area contributed by atoms with Crippen molar-refractivity contribution in [1.82, 2.24) is 0 Å². The molecule has 0 amide bonds. The van der Waals surface area contributed by atoms with Crippen LogP contribution in [-0.2, 0) is 6.42 Å². The maximum Gasteiger partial charge on any atom is -0.00882 e. The SMILES string of the molecule is C1=CC2C3C=CC(C3)C2C1.C1=Cc2ccccc2C1.C=C(C)C1CC=C(C)CC1. The number of benzene rings is 1. The highest BCUT2D eigenvalue weighted by molar-refractivity contribution is 5.59. The first-order valence-electron chi connectivity index (χ1n) is 11.5. The summed E-state index contributed by atoms with van der Waals surface area (Å²) in [5.41, 5.74) is 5.75. The van der Waals surface area contributed by atoms with Crippen LogP contribution in [0.15, 0.2) is 78.4 Å². The summed E-state index contributed by atoms with van der Waals surface area (Å²) in [4.78, 5) is 0. The van der Waals surface area contributed by atoms with Crippen LogP contribution >= 0.6 is 0 Å². The maximum absolute atomic E-state index is 3.97. The van der Waals surface area contributed by atoms with Gasteiger partial charge in [0.25, 0.3) is 0 Å². The van der Waals surface area contributed by atoms with Gasteiger partial charge >= 0.3 is 0 Å². The summed E-state index contributed by atoms with van der Waals surface area (Å²) in [6.07, 6.45) is 24.2. The van der Waals surface area contributed by atoms with Gasteiger partial charge in [0.05, 0.1) is 0 Å². The molecule has 0 saturated heterocycles. The maximum atomic E-state index is 3.97. The first-order chi connectivity index (χ1) is 14.1. The van der Waals surface area contributed by atoms with Crippen molar-refractivity contribution in [3.8, 4) is 0 Å². The topological polar surface area (TPSA) is 0 Å². The fraction of sp³-hybridized carbons (Fsp3) is 0.448. The van der Waals surface area contributed by atoms with E-state index in [1.54, 1.807) is 5.57 Å². The van der Waals surface area contributed by atoms with Crippen LogP contribution in [0, 0.1) is 29.6 Å². The first kappa shape index (κ1) is 20.2. The third-order valence-electron chi connectivity index (χ3n) is 7.48. The van der Waals surface area contributed by atoms with E-state index in [1.807, 2.05) is 0 Å². The molecule has 2 bridgehead atoms. The monoisotopic (exact) mass is 384 g/mol. The van der Waals surface area contributed by atoms with Crippen molar-refractivity contribution in [1.29, 1.82) is 0 Å². The Morgan fingerprint density at radius 1 is 1.00 bits per heavy atom. The second-order valence-corrected chi connectivity index (χ2v) is 9.53. The van der Waals surface area contributed by atoms with E-state index < -0.39 is 0 Å². The van der Waals surface area contributed by atoms with Gasteiger partial charge in [-0.25, -0.2) is 0 Å².